The number of nitrogens with zero attached hydrogens (tertiary/aromatic N) is 2. The predicted octanol–water partition coefficient (Wildman–Crippen LogP) is 6.16. The van der Waals surface area contributed by atoms with Gasteiger partial charge >= 0.3 is 0 Å². The van der Waals surface area contributed by atoms with E-state index in [-0.39, 0.29) is 23.2 Å². The van der Waals surface area contributed by atoms with E-state index in [1.54, 1.807) is 72.8 Å². The molecule has 0 saturated carbocycles. The van der Waals surface area contributed by atoms with Crippen molar-refractivity contribution in [1.29, 1.82) is 0 Å². The molecule has 0 radical (unpaired) electrons. The van der Waals surface area contributed by atoms with E-state index < -0.39 is 11.8 Å². The molecular weight excluding hydrogens is 562 g/mol. The molecule has 3 amide bonds. The van der Waals surface area contributed by atoms with Crippen molar-refractivity contribution in [1.82, 2.24) is 0 Å². The third-order valence-electron chi connectivity index (χ3n) is 6.52. The van der Waals surface area contributed by atoms with Gasteiger partial charge in [0.15, 0.2) is 23.2 Å². The third kappa shape index (κ3) is 6.63. The summed E-state index contributed by atoms with van der Waals surface area (Å²) in [7, 11) is 0. The second-order valence-corrected chi connectivity index (χ2v) is 10.0. The molecule has 0 spiro atoms. The van der Waals surface area contributed by atoms with Gasteiger partial charge in [0.1, 0.15) is 5.57 Å². The number of anilines is 3. The highest BCUT2D eigenvalue weighted by atomic mass is 32.1. The smallest absolute Gasteiger partial charge is 0.270 e. The van der Waals surface area contributed by atoms with Crippen LogP contribution in [0.3, 0.4) is 0 Å². The summed E-state index contributed by atoms with van der Waals surface area (Å²) < 4.78 is 11.6. The summed E-state index contributed by atoms with van der Waals surface area (Å²) in [6, 6.07) is 30.4. The zero-order chi connectivity index (χ0) is 30.3. The predicted molar refractivity (Wildman–Crippen MR) is 171 cm³/mol. The first-order valence-electron chi connectivity index (χ1n) is 13.7. The minimum atomic E-state index is -0.542. The number of carbonyl (C=O) groups excluding carboxylic acids is 3. The summed E-state index contributed by atoms with van der Waals surface area (Å²) in [5.74, 6) is -0.691. The Labute approximate surface area is 255 Å². The number of hydrogen-bond donors (Lipinski definition) is 1. The van der Waals surface area contributed by atoms with Crippen LogP contribution >= 0.6 is 12.2 Å². The second kappa shape index (κ2) is 13.1. The van der Waals surface area contributed by atoms with Crippen LogP contribution in [0.5, 0.6) is 11.5 Å². The topological polar surface area (TPSA) is 88.2 Å². The third-order valence-corrected chi connectivity index (χ3v) is 6.88. The van der Waals surface area contributed by atoms with E-state index in [9.17, 15) is 14.4 Å². The van der Waals surface area contributed by atoms with E-state index in [0.717, 1.165) is 5.56 Å². The quantitative estimate of drug-likeness (QED) is 0.143. The van der Waals surface area contributed by atoms with E-state index >= 15 is 0 Å². The largest absolute Gasteiger partial charge is 0.490 e. The Balaban J connectivity index is 1.44. The number of amides is 3. The van der Waals surface area contributed by atoms with Gasteiger partial charge in [-0.2, -0.15) is 0 Å². The Morgan fingerprint density at radius 1 is 0.791 bits per heavy atom. The molecule has 0 aromatic heterocycles. The van der Waals surface area contributed by atoms with E-state index in [4.69, 9.17) is 21.7 Å². The molecule has 4 aromatic carbocycles. The molecule has 1 heterocycles. The zero-order valence-electron chi connectivity index (χ0n) is 23.7. The van der Waals surface area contributed by atoms with Crippen molar-refractivity contribution in [2.24, 2.45) is 0 Å². The summed E-state index contributed by atoms with van der Waals surface area (Å²) >= 11 is 5.67. The molecule has 43 heavy (non-hydrogen) atoms. The van der Waals surface area contributed by atoms with Gasteiger partial charge in [-0.3, -0.25) is 24.2 Å². The highest BCUT2D eigenvalue weighted by Crippen LogP contribution is 2.32. The van der Waals surface area contributed by atoms with Gasteiger partial charge in [-0.25, -0.2) is 0 Å². The lowest BCUT2D eigenvalue weighted by atomic mass is 10.0. The van der Waals surface area contributed by atoms with Gasteiger partial charge in [0, 0.05) is 5.69 Å². The van der Waals surface area contributed by atoms with Gasteiger partial charge in [-0.15, -0.1) is 0 Å². The molecule has 0 unspecified atom stereocenters. The fourth-order valence-electron chi connectivity index (χ4n) is 4.57. The number of rotatable bonds is 9. The van der Waals surface area contributed by atoms with Gasteiger partial charge < -0.3 is 14.8 Å². The average Bonchev–Trinajstić information content (AvgIpc) is 3.00. The molecule has 0 bridgehead atoms. The molecule has 0 aliphatic carbocycles. The van der Waals surface area contributed by atoms with Crippen LogP contribution in [0.1, 0.15) is 18.1 Å². The summed E-state index contributed by atoms with van der Waals surface area (Å²) in [6.07, 6.45) is 1.51. The van der Waals surface area contributed by atoms with Crippen molar-refractivity contribution in [3.05, 3.63) is 120 Å². The first-order valence-corrected chi connectivity index (χ1v) is 14.1. The fraction of sp³-hybridized carbons (Fsp3) is 0.118. The molecule has 9 heteroatoms. The number of para-hydroxylation sites is 2. The van der Waals surface area contributed by atoms with Crippen LogP contribution in [-0.2, 0) is 14.4 Å². The first-order chi connectivity index (χ1) is 20.9. The fourth-order valence-corrected chi connectivity index (χ4v) is 4.95. The monoisotopic (exact) mass is 591 g/mol. The molecule has 1 saturated heterocycles. The molecule has 216 valence electrons. The lowest BCUT2D eigenvalue weighted by molar-refractivity contribution is -0.121. The first kappa shape index (κ1) is 29.2. The Bertz CT molecular complexity index is 1640. The summed E-state index contributed by atoms with van der Waals surface area (Å²) in [6.45, 7) is 3.87. The molecule has 8 nitrogen and oxygen atoms in total. The number of benzene rings is 4. The van der Waals surface area contributed by atoms with Crippen LogP contribution in [-0.4, -0.2) is 36.0 Å². The van der Waals surface area contributed by atoms with Gasteiger partial charge in [0.05, 0.1) is 18.0 Å². The van der Waals surface area contributed by atoms with E-state index in [1.807, 2.05) is 44.2 Å². The minimum Gasteiger partial charge on any atom is -0.490 e. The van der Waals surface area contributed by atoms with E-state index in [1.165, 1.54) is 15.9 Å². The highest BCUT2D eigenvalue weighted by Gasteiger charge is 2.41. The maximum atomic E-state index is 13.8. The number of ether oxygens (including phenoxy) is 2. The second-order valence-electron chi connectivity index (χ2n) is 9.64. The number of carbonyl (C=O) groups is 3. The number of hydrogen-bond acceptors (Lipinski definition) is 6. The Morgan fingerprint density at radius 3 is 2.00 bits per heavy atom. The number of nitrogens with one attached hydrogen (secondary N) is 1. The van der Waals surface area contributed by atoms with E-state index in [2.05, 4.69) is 5.32 Å². The molecule has 1 N–H and O–H groups in total. The maximum Gasteiger partial charge on any atom is 0.270 e. The summed E-state index contributed by atoms with van der Waals surface area (Å²) in [4.78, 5) is 42.8. The summed E-state index contributed by atoms with van der Waals surface area (Å²) in [5, 5.41) is 2.87. The minimum absolute atomic E-state index is 0.0623. The van der Waals surface area contributed by atoms with Crippen molar-refractivity contribution in [2.45, 2.75) is 13.8 Å². The average molecular weight is 592 g/mol. The highest BCUT2D eigenvalue weighted by molar-refractivity contribution is 7.81. The van der Waals surface area contributed by atoms with Crippen LogP contribution in [0.2, 0.25) is 0 Å². The molecule has 1 aliphatic heterocycles. The molecule has 4 aromatic rings. The van der Waals surface area contributed by atoms with Crippen molar-refractivity contribution in [3.8, 4) is 11.5 Å². The Hall–Kier alpha value is -5.28. The SMILES string of the molecule is CCOc1cc(C=C2C(=O)N(c3ccccc3)C(=S)N(c3ccccc3)C2=O)ccc1OCC(=O)Nc1cccc(C)c1. The Kier molecular flexibility index (Phi) is 8.93. The number of thiocarbonyl (C=S) groups is 1. The summed E-state index contributed by atoms with van der Waals surface area (Å²) in [5.41, 5.74) is 3.24. The zero-order valence-corrected chi connectivity index (χ0v) is 24.5. The lowest BCUT2D eigenvalue weighted by Gasteiger charge is -2.36. The van der Waals surface area contributed by atoms with Crippen LogP contribution < -0.4 is 24.6 Å². The van der Waals surface area contributed by atoms with Crippen LogP contribution in [0.15, 0.2) is 109 Å². The van der Waals surface area contributed by atoms with Crippen LogP contribution in [0.25, 0.3) is 6.08 Å². The van der Waals surface area contributed by atoms with Crippen molar-refractivity contribution in [2.75, 3.05) is 28.3 Å². The van der Waals surface area contributed by atoms with Crippen LogP contribution in [0.4, 0.5) is 17.1 Å². The van der Waals surface area contributed by atoms with Gasteiger partial charge in [-0.1, -0.05) is 54.6 Å². The van der Waals surface area contributed by atoms with Crippen LogP contribution in [0, 0.1) is 6.92 Å². The normalized spacial score (nSPS) is 13.2. The Morgan fingerprint density at radius 2 is 1.42 bits per heavy atom. The molecule has 1 fully saturated rings. The van der Waals surface area contributed by atoms with E-state index in [0.29, 0.717) is 40.7 Å². The standard InChI is InChI=1S/C34H29N3O5S/c1-3-41-30-21-24(17-18-29(30)42-22-31(38)35-25-12-10-11-23(2)19-25)20-28-32(39)36(26-13-6-4-7-14-26)34(43)37(33(28)40)27-15-8-5-9-16-27/h4-21H,3,22H2,1-2H3,(H,35,38). The van der Waals surface area contributed by atoms with Crippen molar-refractivity contribution < 1.29 is 23.9 Å². The van der Waals surface area contributed by atoms with Crippen molar-refractivity contribution in [3.63, 3.8) is 0 Å². The van der Waals surface area contributed by atoms with Gasteiger partial charge in [0.25, 0.3) is 17.7 Å². The lowest BCUT2D eigenvalue weighted by Crippen LogP contribution is -2.56. The van der Waals surface area contributed by atoms with Gasteiger partial charge in [-0.05, 0) is 91.8 Å². The molecular formula is C34H29N3O5S. The molecule has 0 atom stereocenters. The number of aryl methyl sites for hydroxylation is 1. The maximum absolute atomic E-state index is 13.8. The molecule has 5 rings (SSSR count). The molecule has 1 aliphatic rings. The van der Waals surface area contributed by atoms with Gasteiger partial charge in [0.2, 0.25) is 0 Å². The van der Waals surface area contributed by atoms with Crippen molar-refractivity contribution >= 4 is 58.2 Å².